The molecule has 1 nitrogen and oxygen atoms in total. The minimum absolute atomic E-state index is 0.306. The molecule has 72 valence electrons. The topological polar surface area (TPSA) is 20.2 Å². The Morgan fingerprint density at radius 2 is 1.69 bits per heavy atom. The molecule has 0 spiro atoms. The van der Waals surface area contributed by atoms with Gasteiger partial charge in [0, 0.05) is 0 Å². The van der Waals surface area contributed by atoms with Gasteiger partial charge in [-0.05, 0) is 49.4 Å². The van der Waals surface area contributed by atoms with Crippen LogP contribution in [0.3, 0.4) is 0 Å². The molecule has 1 N–H and O–H groups in total. The Morgan fingerprint density at radius 1 is 1.15 bits per heavy atom. The van der Waals surface area contributed by atoms with Crippen LogP contribution in [0.25, 0.3) is 0 Å². The van der Waals surface area contributed by atoms with Gasteiger partial charge in [-0.3, -0.25) is 0 Å². The molecular weight excluding hydrogens is 160 g/mol. The number of hydrogen-bond donors (Lipinski definition) is 1. The number of hydrogen-bond acceptors (Lipinski definition) is 1. The first kappa shape index (κ1) is 10.3. The molecule has 0 radical (unpaired) electrons. The fraction of sp³-hybridized carbons (Fsp3) is 0.500. The Kier molecular flexibility index (Phi) is 3.10. The quantitative estimate of drug-likeness (QED) is 0.738. The van der Waals surface area contributed by atoms with Gasteiger partial charge < -0.3 is 5.11 Å². The Labute approximate surface area is 80.4 Å². The maximum absolute atomic E-state index is 9.82. The molecule has 0 aliphatic rings. The number of aliphatic hydroxyl groups is 1. The zero-order chi connectivity index (χ0) is 10.0. The molecule has 1 atom stereocenters. The first-order valence-electron chi connectivity index (χ1n) is 4.82. The summed E-state index contributed by atoms with van der Waals surface area (Å²) in [5, 5.41) is 9.82. The van der Waals surface area contributed by atoms with Crippen LogP contribution < -0.4 is 0 Å². The van der Waals surface area contributed by atoms with Crippen molar-refractivity contribution in [1.29, 1.82) is 0 Å². The van der Waals surface area contributed by atoms with E-state index in [1.54, 1.807) is 0 Å². The second-order valence-corrected chi connectivity index (χ2v) is 3.66. The Bertz CT molecular complexity index is 302. The normalized spacial score (nSPS) is 13.0. The van der Waals surface area contributed by atoms with E-state index in [9.17, 15) is 5.11 Å². The standard InChI is InChI=1S/C12H18O/c1-5-11(13)12-9(3)7-6-8(2)10(12)4/h6-7,11,13H,5H2,1-4H3. The molecule has 1 heteroatoms. The molecule has 0 aliphatic carbocycles. The van der Waals surface area contributed by atoms with Crippen molar-refractivity contribution in [3.8, 4) is 0 Å². The zero-order valence-corrected chi connectivity index (χ0v) is 8.89. The summed E-state index contributed by atoms with van der Waals surface area (Å²) in [4.78, 5) is 0. The van der Waals surface area contributed by atoms with E-state index in [0.29, 0.717) is 0 Å². The fourth-order valence-electron chi connectivity index (χ4n) is 1.69. The molecule has 13 heavy (non-hydrogen) atoms. The molecule has 1 aromatic carbocycles. The largest absolute Gasteiger partial charge is 0.388 e. The maximum Gasteiger partial charge on any atom is 0.0792 e. The lowest BCUT2D eigenvalue weighted by Gasteiger charge is -2.16. The van der Waals surface area contributed by atoms with Crippen molar-refractivity contribution in [2.75, 3.05) is 0 Å². The highest BCUT2D eigenvalue weighted by molar-refractivity contribution is 5.40. The minimum Gasteiger partial charge on any atom is -0.388 e. The van der Waals surface area contributed by atoms with E-state index in [1.807, 2.05) is 6.92 Å². The van der Waals surface area contributed by atoms with E-state index in [-0.39, 0.29) is 6.10 Å². The number of aryl methyl sites for hydroxylation is 2. The second kappa shape index (κ2) is 3.93. The Hall–Kier alpha value is -0.820. The average Bonchev–Trinajstić information content (AvgIpc) is 2.12. The highest BCUT2D eigenvalue weighted by atomic mass is 16.3. The lowest BCUT2D eigenvalue weighted by Crippen LogP contribution is -2.02. The highest BCUT2D eigenvalue weighted by Gasteiger charge is 2.11. The van der Waals surface area contributed by atoms with Crippen LogP contribution in [0.5, 0.6) is 0 Å². The van der Waals surface area contributed by atoms with E-state index < -0.39 is 0 Å². The number of benzene rings is 1. The third kappa shape index (κ3) is 1.92. The van der Waals surface area contributed by atoms with Gasteiger partial charge in [0.05, 0.1) is 6.10 Å². The summed E-state index contributed by atoms with van der Waals surface area (Å²) in [5.74, 6) is 0. The van der Waals surface area contributed by atoms with Gasteiger partial charge in [-0.1, -0.05) is 19.1 Å². The van der Waals surface area contributed by atoms with Crippen LogP contribution in [-0.4, -0.2) is 5.11 Å². The predicted octanol–water partition coefficient (Wildman–Crippen LogP) is 3.06. The Morgan fingerprint density at radius 3 is 2.23 bits per heavy atom. The maximum atomic E-state index is 9.82. The second-order valence-electron chi connectivity index (χ2n) is 3.66. The van der Waals surface area contributed by atoms with Crippen LogP contribution >= 0.6 is 0 Å². The molecule has 0 aromatic heterocycles. The molecule has 0 amide bonds. The van der Waals surface area contributed by atoms with Gasteiger partial charge in [0.1, 0.15) is 0 Å². The molecule has 1 unspecified atom stereocenters. The first-order valence-corrected chi connectivity index (χ1v) is 4.82. The minimum atomic E-state index is -0.306. The van der Waals surface area contributed by atoms with Crippen LogP contribution in [0.2, 0.25) is 0 Å². The first-order chi connectivity index (χ1) is 6.07. The summed E-state index contributed by atoms with van der Waals surface area (Å²) in [6.07, 6.45) is 0.477. The van der Waals surface area contributed by atoms with E-state index in [1.165, 1.54) is 16.7 Å². The summed E-state index contributed by atoms with van der Waals surface area (Å²) in [7, 11) is 0. The van der Waals surface area contributed by atoms with Crippen molar-refractivity contribution in [1.82, 2.24) is 0 Å². The van der Waals surface area contributed by atoms with Crippen molar-refractivity contribution >= 4 is 0 Å². The number of rotatable bonds is 2. The van der Waals surface area contributed by atoms with Crippen LogP contribution in [0.4, 0.5) is 0 Å². The molecule has 0 fully saturated rings. The van der Waals surface area contributed by atoms with Gasteiger partial charge in [-0.25, -0.2) is 0 Å². The van der Waals surface area contributed by atoms with Crippen molar-refractivity contribution in [2.24, 2.45) is 0 Å². The fourth-order valence-corrected chi connectivity index (χ4v) is 1.69. The van der Waals surface area contributed by atoms with Gasteiger partial charge in [0.25, 0.3) is 0 Å². The average molecular weight is 178 g/mol. The Balaban J connectivity index is 3.25. The van der Waals surface area contributed by atoms with Crippen molar-refractivity contribution in [3.05, 3.63) is 34.4 Å². The van der Waals surface area contributed by atoms with Crippen LogP contribution in [0.1, 0.15) is 41.7 Å². The monoisotopic (exact) mass is 178 g/mol. The SMILES string of the molecule is CCC(O)c1c(C)ccc(C)c1C. The summed E-state index contributed by atoms with van der Waals surface area (Å²) in [6, 6.07) is 4.19. The molecule has 0 bridgehead atoms. The van der Waals surface area contributed by atoms with Gasteiger partial charge in [-0.15, -0.1) is 0 Å². The summed E-state index contributed by atoms with van der Waals surface area (Å²) < 4.78 is 0. The van der Waals surface area contributed by atoms with E-state index in [2.05, 4.69) is 32.9 Å². The molecule has 0 saturated heterocycles. The van der Waals surface area contributed by atoms with Gasteiger partial charge in [-0.2, -0.15) is 0 Å². The summed E-state index contributed by atoms with van der Waals surface area (Å²) >= 11 is 0. The van der Waals surface area contributed by atoms with Crippen LogP contribution in [-0.2, 0) is 0 Å². The van der Waals surface area contributed by atoms with Gasteiger partial charge in [0.2, 0.25) is 0 Å². The van der Waals surface area contributed by atoms with Crippen molar-refractivity contribution in [3.63, 3.8) is 0 Å². The van der Waals surface area contributed by atoms with Gasteiger partial charge in [0.15, 0.2) is 0 Å². The third-order valence-electron chi connectivity index (χ3n) is 2.72. The van der Waals surface area contributed by atoms with E-state index >= 15 is 0 Å². The van der Waals surface area contributed by atoms with Crippen molar-refractivity contribution in [2.45, 2.75) is 40.2 Å². The molecule has 0 aliphatic heterocycles. The number of aliphatic hydroxyl groups excluding tert-OH is 1. The third-order valence-corrected chi connectivity index (χ3v) is 2.72. The molecule has 1 aromatic rings. The molecule has 0 heterocycles. The van der Waals surface area contributed by atoms with Crippen LogP contribution in [0.15, 0.2) is 12.1 Å². The van der Waals surface area contributed by atoms with E-state index in [4.69, 9.17) is 0 Å². The van der Waals surface area contributed by atoms with Gasteiger partial charge >= 0.3 is 0 Å². The van der Waals surface area contributed by atoms with Crippen LogP contribution in [0, 0.1) is 20.8 Å². The summed E-state index contributed by atoms with van der Waals surface area (Å²) in [6.45, 7) is 8.23. The lowest BCUT2D eigenvalue weighted by molar-refractivity contribution is 0.172. The lowest BCUT2D eigenvalue weighted by atomic mass is 9.93. The predicted molar refractivity (Wildman–Crippen MR) is 55.9 cm³/mol. The zero-order valence-electron chi connectivity index (χ0n) is 8.89. The van der Waals surface area contributed by atoms with Crippen molar-refractivity contribution < 1.29 is 5.11 Å². The smallest absolute Gasteiger partial charge is 0.0792 e. The molecular formula is C12H18O. The van der Waals surface area contributed by atoms with E-state index in [0.717, 1.165) is 12.0 Å². The molecule has 0 saturated carbocycles. The molecule has 1 rings (SSSR count). The summed E-state index contributed by atoms with van der Waals surface area (Å²) in [5.41, 5.74) is 4.79. The highest BCUT2D eigenvalue weighted by Crippen LogP contribution is 2.26.